The van der Waals surface area contributed by atoms with Crippen LogP contribution in [-0.4, -0.2) is 16.9 Å². The van der Waals surface area contributed by atoms with Gasteiger partial charge in [0.25, 0.3) is 11.5 Å². The van der Waals surface area contributed by atoms with Gasteiger partial charge in [-0.2, -0.15) is 0 Å². The van der Waals surface area contributed by atoms with Crippen LogP contribution in [0, 0.1) is 3.57 Å². The first-order valence-corrected chi connectivity index (χ1v) is 7.21. The molecule has 1 aliphatic heterocycles. The van der Waals surface area contributed by atoms with Gasteiger partial charge in [0, 0.05) is 22.0 Å². The molecule has 0 saturated carbocycles. The van der Waals surface area contributed by atoms with Crippen LogP contribution in [0.3, 0.4) is 0 Å². The van der Waals surface area contributed by atoms with Gasteiger partial charge in [-0.05, 0) is 28.7 Å². The van der Waals surface area contributed by atoms with E-state index in [0.717, 1.165) is 9.13 Å². The molecule has 0 amide bonds. The fourth-order valence-corrected chi connectivity index (χ4v) is 2.62. The normalized spacial score (nSPS) is 17.0. The standard InChI is InChI=1S/C14H15IO4/c1-3-14(4-2)18-11(12(19-14)13(16)17)9-7-5-6-8-10(9)15/h5-8H,3-4H2,1-2H3,(H,16,17). The first-order valence-electron chi connectivity index (χ1n) is 6.13. The summed E-state index contributed by atoms with van der Waals surface area (Å²) < 4.78 is 12.4. The van der Waals surface area contributed by atoms with Crippen molar-refractivity contribution in [3.05, 3.63) is 39.2 Å². The summed E-state index contributed by atoms with van der Waals surface area (Å²) in [7, 11) is 0. The molecule has 1 N–H and O–H groups in total. The maximum Gasteiger partial charge on any atom is 0.375 e. The molecule has 4 nitrogen and oxygen atoms in total. The molecule has 2 rings (SSSR count). The van der Waals surface area contributed by atoms with E-state index in [1.54, 1.807) is 0 Å². The molecule has 0 unspecified atom stereocenters. The minimum absolute atomic E-state index is 0.104. The summed E-state index contributed by atoms with van der Waals surface area (Å²) in [5.41, 5.74) is 0.754. The number of carboxylic acids is 1. The molecular formula is C14H15IO4. The highest BCUT2D eigenvalue weighted by atomic mass is 127. The van der Waals surface area contributed by atoms with Crippen LogP contribution in [0.15, 0.2) is 30.0 Å². The van der Waals surface area contributed by atoms with Gasteiger partial charge in [-0.25, -0.2) is 4.79 Å². The lowest BCUT2D eigenvalue weighted by Gasteiger charge is -2.25. The maximum absolute atomic E-state index is 11.4. The van der Waals surface area contributed by atoms with Crippen LogP contribution in [0.5, 0.6) is 0 Å². The zero-order valence-corrected chi connectivity index (χ0v) is 12.9. The number of carboxylic acid groups (broad SMARTS) is 1. The Morgan fingerprint density at radius 2 is 1.89 bits per heavy atom. The Kier molecular flexibility index (Phi) is 4.03. The van der Waals surface area contributed by atoms with Crippen molar-refractivity contribution in [2.75, 3.05) is 0 Å². The zero-order chi connectivity index (χ0) is 14.0. The first-order chi connectivity index (χ1) is 9.03. The minimum Gasteiger partial charge on any atom is -0.475 e. The Morgan fingerprint density at radius 3 is 2.42 bits per heavy atom. The highest BCUT2D eigenvalue weighted by Gasteiger charge is 2.43. The number of rotatable bonds is 4. The van der Waals surface area contributed by atoms with Gasteiger partial charge in [-0.3, -0.25) is 0 Å². The van der Waals surface area contributed by atoms with E-state index < -0.39 is 11.8 Å². The molecule has 1 aromatic rings. The summed E-state index contributed by atoms with van der Waals surface area (Å²) in [6.07, 6.45) is 1.18. The number of benzene rings is 1. The van der Waals surface area contributed by atoms with Crippen LogP contribution in [0.25, 0.3) is 5.76 Å². The lowest BCUT2D eigenvalue weighted by atomic mass is 10.1. The van der Waals surface area contributed by atoms with E-state index >= 15 is 0 Å². The summed E-state index contributed by atoms with van der Waals surface area (Å²) in [5, 5.41) is 9.29. The smallest absolute Gasteiger partial charge is 0.375 e. The van der Waals surface area contributed by atoms with Crippen LogP contribution in [0.1, 0.15) is 32.3 Å². The SMILES string of the molecule is CCC1(CC)OC(C(=O)O)=C(c2ccccc2I)O1. The van der Waals surface area contributed by atoms with Gasteiger partial charge < -0.3 is 14.6 Å². The summed E-state index contributed by atoms with van der Waals surface area (Å²) in [5.74, 6) is -1.74. The fraction of sp³-hybridized carbons (Fsp3) is 0.357. The molecule has 0 spiro atoms. The van der Waals surface area contributed by atoms with Crippen LogP contribution in [0.4, 0.5) is 0 Å². The van der Waals surface area contributed by atoms with Crippen LogP contribution in [-0.2, 0) is 14.3 Å². The zero-order valence-electron chi connectivity index (χ0n) is 10.8. The molecule has 0 radical (unpaired) electrons. The van der Waals surface area contributed by atoms with Gasteiger partial charge in [-0.1, -0.05) is 32.0 Å². The molecule has 0 bridgehead atoms. The average molecular weight is 374 g/mol. The second-order valence-electron chi connectivity index (χ2n) is 4.27. The quantitative estimate of drug-likeness (QED) is 0.819. The molecule has 1 heterocycles. The third kappa shape index (κ3) is 2.56. The van der Waals surface area contributed by atoms with E-state index in [-0.39, 0.29) is 5.76 Å². The van der Waals surface area contributed by atoms with Crippen molar-refractivity contribution >= 4 is 34.3 Å². The van der Waals surface area contributed by atoms with E-state index in [2.05, 4.69) is 22.6 Å². The number of hydrogen-bond donors (Lipinski definition) is 1. The highest BCUT2D eigenvalue weighted by molar-refractivity contribution is 14.1. The van der Waals surface area contributed by atoms with Gasteiger partial charge in [0.05, 0.1) is 0 Å². The molecule has 1 aliphatic rings. The molecule has 19 heavy (non-hydrogen) atoms. The summed E-state index contributed by atoms with van der Waals surface area (Å²) >= 11 is 2.16. The molecule has 1 aromatic carbocycles. The molecule has 5 heteroatoms. The molecule has 0 saturated heterocycles. The molecule has 102 valence electrons. The largest absolute Gasteiger partial charge is 0.475 e. The van der Waals surface area contributed by atoms with E-state index in [1.165, 1.54) is 0 Å². The Labute approximate surface area is 125 Å². The van der Waals surface area contributed by atoms with Crippen molar-refractivity contribution in [1.82, 2.24) is 0 Å². The molecule has 0 aromatic heterocycles. The van der Waals surface area contributed by atoms with Crippen molar-refractivity contribution < 1.29 is 19.4 Å². The molecular weight excluding hydrogens is 359 g/mol. The third-order valence-electron chi connectivity index (χ3n) is 3.17. The third-order valence-corrected chi connectivity index (χ3v) is 4.11. The second kappa shape index (κ2) is 5.40. The summed E-state index contributed by atoms with van der Waals surface area (Å²) in [4.78, 5) is 11.4. The number of aliphatic carboxylic acids is 1. The van der Waals surface area contributed by atoms with Crippen LogP contribution in [0.2, 0.25) is 0 Å². The van der Waals surface area contributed by atoms with Crippen molar-refractivity contribution in [2.24, 2.45) is 0 Å². The van der Waals surface area contributed by atoms with Crippen LogP contribution < -0.4 is 0 Å². The fourth-order valence-electron chi connectivity index (χ4n) is 1.99. The molecule has 0 fully saturated rings. The summed E-state index contributed by atoms with van der Waals surface area (Å²) in [6.45, 7) is 3.84. The highest BCUT2D eigenvalue weighted by Crippen LogP contribution is 2.41. The number of ether oxygens (including phenoxy) is 2. The van der Waals surface area contributed by atoms with Gasteiger partial charge in [0.15, 0.2) is 5.76 Å². The van der Waals surface area contributed by atoms with Gasteiger partial charge >= 0.3 is 5.97 Å². The Bertz CT molecular complexity index is 532. The van der Waals surface area contributed by atoms with E-state index in [4.69, 9.17) is 9.47 Å². The first kappa shape index (κ1) is 14.2. The summed E-state index contributed by atoms with van der Waals surface area (Å²) in [6, 6.07) is 7.49. The molecule has 0 aliphatic carbocycles. The number of hydrogen-bond acceptors (Lipinski definition) is 3. The average Bonchev–Trinajstić information content (AvgIpc) is 2.80. The van der Waals surface area contributed by atoms with E-state index in [1.807, 2.05) is 38.1 Å². The maximum atomic E-state index is 11.4. The number of carbonyl (C=O) groups is 1. The topological polar surface area (TPSA) is 55.8 Å². The lowest BCUT2D eigenvalue weighted by molar-refractivity contribution is -0.162. The van der Waals surface area contributed by atoms with Crippen LogP contribution >= 0.6 is 22.6 Å². The Morgan fingerprint density at radius 1 is 1.26 bits per heavy atom. The van der Waals surface area contributed by atoms with Gasteiger partial charge in [-0.15, -0.1) is 0 Å². The number of halogens is 1. The van der Waals surface area contributed by atoms with Crippen molar-refractivity contribution in [3.8, 4) is 0 Å². The predicted molar refractivity (Wildman–Crippen MR) is 79.2 cm³/mol. The Hall–Kier alpha value is -1.24. The predicted octanol–water partition coefficient (Wildman–Crippen LogP) is 3.61. The lowest BCUT2D eigenvalue weighted by Crippen LogP contribution is -2.29. The van der Waals surface area contributed by atoms with Crippen molar-refractivity contribution in [3.63, 3.8) is 0 Å². The van der Waals surface area contributed by atoms with E-state index in [9.17, 15) is 9.90 Å². The van der Waals surface area contributed by atoms with Crippen molar-refractivity contribution in [1.29, 1.82) is 0 Å². The minimum atomic E-state index is -1.10. The second-order valence-corrected chi connectivity index (χ2v) is 5.43. The van der Waals surface area contributed by atoms with E-state index in [0.29, 0.717) is 18.6 Å². The Balaban J connectivity index is 2.49. The monoisotopic (exact) mass is 374 g/mol. The van der Waals surface area contributed by atoms with Gasteiger partial charge in [0.2, 0.25) is 0 Å². The van der Waals surface area contributed by atoms with Gasteiger partial charge in [0.1, 0.15) is 0 Å². The molecule has 0 atom stereocenters. The van der Waals surface area contributed by atoms with Crippen molar-refractivity contribution in [2.45, 2.75) is 32.5 Å².